The molecule has 70 valence electrons. The average Bonchev–Trinajstić information content (AvgIpc) is 2.45. The first kappa shape index (κ1) is 8.62. The Bertz CT molecular complexity index is 300. The fourth-order valence-electron chi connectivity index (χ4n) is 1.00. The zero-order valence-electron chi connectivity index (χ0n) is 7.93. The maximum Gasteiger partial charge on any atom is 0.0959 e. The lowest BCUT2D eigenvalue weighted by atomic mass is 10.1. The topological polar surface area (TPSA) is 31.2 Å². The molecule has 0 saturated carbocycles. The highest BCUT2D eigenvalue weighted by Gasteiger charge is 2.29. The quantitative estimate of drug-likeness (QED) is 0.558. The summed E-state index contributed by atoms with van der Waals surface area (Å²) in [5.74, 6) is 0. The molecule has 4 nitrogen and oxygen atoms in total. The molecule has 0 spiro atoms. The molecule has 0 radical (unpaired) electrons. The largest absolute Gasteiger partial charge is 0.297 e. The van der Waals surface area contributed by atoms with Gasteiger partial charge in [-0.3, -0.25) is 4.31 Å². The molecule has 0 saturated heterocycles. The lowest BCUT2D eigenvalue weighted by molar-refractivity contribution is 0.350. The average molecular weight is 196 g/mol. The van der Waals surface area contributed by atoms with E-state index >= 15 is 0 Å². The van der Waals surface area contributed by atoms with Crippen molar-refractivity contribution in [1.82, 2.24) is 8.72 Å². The molecular formula is C8H12N4S. The normalized spacial score (nSPS) is 20.7. The predicted octanol–water partition coefficient (Wildman–Crippen LogP) is 2.70. The third kappa shape index (κ3) is 1.56. The van der Waals surface area contributed by atoms with Crippen LogP contribution in [0, 0.1) is 0 Å². The van der Waals surface area contributed by atoms with Crippen molar-refractivity contribution in [1.29, 1.82) is 0 Å². The van der Waals surface area contributed by atoms with Crippen LogP contribution < -0.4 is 0 Å². The van der Waals surface area contributed by atoms with Crippen LogP contribution in [-0.2, 0) is 0 Å². The van der Waals surface area contributed by atoms with Gasteiger partial charge >= 0.3 is 0 Å². The Labute approximate surface area is 82.2 Å². The zero-order valence-corrected chi connectivity index (χ0v) is 8.75. The summed E-state index contributed by atoms with van der Waals surface area (Å²) in [5.41, 5.74) is 1.19. The molecule has 0 amide bonds. The van der Waals surface area contributed by atoms with Crippen LogP contribution in [0.1, 0.15) is 20.8 Å². The summed E-state index contributed by atoms with van der Waals surface area (Å²) in [7, 11) is 0. The molecule has 0 aromatic rings. The van der Waals surface area contributed by atoms with E-state index in [0.29, 0.717) is 0 Å². The first-order chi connectivity index (χ1) is 6.07. The maximum absolute atomic E-state index is 3.98. The number of hydrogen-bond donors (Lipinski definition) is 0. The molecule has 5 heteroatoms. The molecular weight excluding hydrogens is 184 g/mol. The lowest BCUT2D eigenvalue weighted by Crippen LogP contribution is -2.30. The van der Waals surface area contributed by atoms with E-state index in [1.807, 2.05) is 10.5 Å². The van der Waals surface area contributed by atoms with E-state index in [9.17, 15) is 0 Å². The summed E-state index contributed by atoms with van der Waals surface area (Å²) in [6.07, 6.45) is 5.74. The smallest absolute Gasteiger partial charge is 0.0959 e. The first-order valence-electron chi connectivity index (χ1n) is 4.14. The van der Waals surface area contributed by atoms with Gasteiger partial charge in [0, 0.05) is 11.7 Å². The van der Waals surface area contributed by atoms with Gasteiger partial charge in [0.05, 0.1) is 24.0 Å². The van der Waals surface area contributed by atoms with Crippen LogP contribution in [0.3, 0.4) is 0 Å². The number of allylic oxidation sites excluding steroid dienone is 1. The van der Waals surface area contributed by atoms with E-state index in [1.165, 1.54) is 0 Å². The molecule has 2 aliphatic heterocycles. The van der Waals surface area contributed by atoms with Crippen molar-refractivity contribution in [2.75, 3.05) is 0 Å². The number of fused-ring (bicyclic) bond motifs is 1. The predicted molar refractivity (Wildman–Crippen MR) is 53.1 cm³/mol. The number of nitrogens with zero attached hydrogens (tertiary/aromatic N) is 4. The Morgan fingerprint density at radius 2 is 2.15 bits per heavy atom. The highest BCUT2D eigenvalue weighted by Crippen LogP contribution is 2.38. The Morgan fingerprint density at radius 1 is 1.38 bits per heavy atom. The molecule has 0 aromatic heterocycles. The minimum atomic E-state index is 0.109. The highest BCUT2D eigenvalue weighted by atomic mass is 32.2. The van der Waals surface area contributed by atoms with Gasteiger partial charge in [-0.1, -0.05) is 5.22 Å². The zero-order chi connectivity index (χ0) is 9.47. The van der Waals surface area contributed by atoms with E-state index in [2.05, 4.69) is 41.6 Å². The second-order valence-corrected chi connectivity index (χ2v) is 4.83. The van der Waals surface area contributed by atoms with Crippen molar-refractivity contribution in [3.8, 4) is 0 Å². The fraction of sp³-hybridized carbons (Fsp3) is 0.500. The fourth-order valence-corrected chi connectivity index (χ4v) is 1.84. The van der Waals surface area contributed by atoms with Crippen molar-refractivity contribution in [3.63, 3.8) is 0 Å². The van der Waals surface area contributed by atoms with Gasteiger partial charge in [0.1, 0.15) is 0 Å². The van der Waals surface area contributed by atoms with E-state index in [-0.39, 0.29) is 5.54 Å². The van der Waals surface area contributed by atoms with Gasteiger partial charge < -0.3 is 0 Å². The summed E-state index contributed by atoms with van der Waals surface area (Å²) >= 11 is 1.56. The van der Waals surface area contributed by atoms with Gasteiger partial charge in [-0.2, -0.15) is 4.41 Å². The van der Waals surface area contributed by atoms with Crippen molar-refractivity contribution in [2.45, 2.75) is 26.3 Å². The van der Waals surface area contributed by atoms with Gasteiger partial charge in [-0.05, 0) is 26.8 Å². The van der Waals surface area contributed by atoms with Crippen LogP contribution in [0.15, 0.2) is 34.5 Å². The van der Waals surface area contributed by atoms with E-state index in [0.717, 1.165) is 5.70 Å². The second kappa shape index (κ2) is 2.77. The first-order valence-corrected chi connectivity index (χ1v) is 4.87. The third-order valence-corrected chi connectivity index (χ3v) is 3.01. The molecule has 2 aliphatic rings. The maximum atomic E-state index is 3.98. The van der Waals surface area contributed by atoms with Crippen LogP contribution in [-0.4, -0.2) is 14.3 Å². The SMILES string of the molecule is CC(C)(C)N1C=C2C=CN=NN2S1. The van der Waals surface area contributed by atoms with Crippen LogP contribution in [0.5, 0.6) is 0 Å². The monoisotopic (exact) mass is 196 g/mol. The molecule has 0 bridgehead atoms. The summed E-state index contributed by atoms with van der Waals surface area (Å²) in [5, 5.41) is 7.80. The van der Waals surface area contributed by atoms with Crippen molar-refractivity contribution in [2.24, 2.45) is 10.3 Å². The summed E-state index contributed by atoms with van der Waals surface area (Å²) in [6, 6.07) is 0. The van der Waals surface area contributed by atoms with Crippen molar-refractivity contribution >= 4 is 12.1 Å². The van der Waals surface area contributed by atoms with Crippen LogP contribution in [0.25, 0.3) is 0 Å². The second-order valence-electron chi connectivity index (χ2n) is 3.93. The molecule has 0 aliphatic carbocycles. The van der Waals surface area contributed by atoms with Crippen LogP contribution in [0.4, 0.5) is 0 Å². The van der Waals surface area contributed by atoms with Gasteiger partial charge in [-0.15, -0.1) is 5.11 Å². The summed E-state index contributed by atoms with van der Waals surface area (Å²) in [4.78, 5) is 0. The summed E-state index contributed by atoms with van der Waals surface area (Å²) in [6.45, 7) is 6.49. The molecule has 2 rings (SSSR count). The van der Waals surface area contributed by atoms with Crippen molar-refractivity contribution < 1.29 is 0 Å². The van der Waals surface area contributed by atoms with Gasteiger partial charge in [0.15, 0.2) is 0 Å². The van der Waals surface area contributed by atoms with Crippen molar-refractivity contribution in [3.05, 3.63) is 24.2 Å². The third-order valence-electron chi connectivity index (χ3n) is 1.74. The lowest BCUT2D eigenvalue weighted by Gasteiger charge is -2.29. The molecule has 2 heterocycles. The molecule has 0 atom stereocenters. The number of rotatable bonds is 0. The van der Waals surface area contributed by atoms with Gasteiger partial charge in [-0.25, -0.2) is 0 Å². The molecule has 0 N–H and O–H groups in total. The minimum absolute atomic E-state index is 0.109. The molecule has 13 heavy (non-hydrogen) atoms. The highest BCUT2D eigenvalue weighted by molar-refractivity contribution is 7.95. The minimum Gasteiger partial charge on any atom is -0.297 e. The molecule has 0 aromatic carbocycles. The Morgan fingerprint density at radius 3 is 2.77 bits per heavy atom. The Kier molecular flexibility index (Phi) is 1.83. The summed E-state index contributed by atoms with van der Waals surface area (Å²) < 4.78 is 3.97. The number of hydrogen-bond acceptors (Lipinski definition) is 5. The Balaban J connectivity index is 2.21. The standard InChI is InChI=1S/C8H12N4S/c1-8(2,3)11-6-7-4-5-9-10-12(7)13-11/h4-6H,1-3H3. The van der Waals surface area contributed by atoms with Crippen LogP contribution in [0.2, 0.25) is 0 Å². The van der Waals surface area contributed by atoms with E-state index in [1.54, 1.807) is 18.3 Å². The molecule has 0 fully saturated rings. The Hall–Kier alpha value is -0.970. The van der Waals surface area contributed by atoms with E-state index < -0.39 is 0 Å². The van der Waals surface area contributed by atoms with E-state index in [4.69, 9.17) is 0 Å². The van der Waals surface area contributed by atoms with Gasteiger partial charge in [0.25, 0.3) is 0 Å². The molecule has 0 unspecified atom stereocenters. The van der Waals surface area contributed by atoms with Crippen LogP contribution >= 0.6 is 12.1 Å². The van der Waals surface area contributed by atoms with Gasteiger partial charge in [0.2, 0.25) is 0 Å².